The number of fused-ring (bicyclic) bond motifs is 7. The molecule has 0 spiro atoms. The zero-order valence-electron chi connectivity index (χ0n) is 65.9. The van der Waals surface area contributed by atoms with Crippen molar-refractivity contribution in [2.24, 2.45) is 94.7 Å². The number of phenolic OH excluding ortho intramolecular Hbond substituents is 1. The number of carbonyl (C=O) groups excluding carboxylic acids is 8. The van der Waals surface area contributed by atoms with E-state index in [0.717, 1.165) is 36.8 Å². The van der Waals surface area contributed by atoms with Gasteiger partial charge in [-0.15, -0.1) is 0 Å². The summed E-state index contributed by atoms with van der Waals surface area (Å²) in [6, 6.07) is 9.09. The van der Waals surface area contributed by atoms with Gasteiger partial charge in [0.25, 0.3) is 13.7 Å². The third-order valence-corrected chi connectivity index (χ3v) is 24.6. The summed E-state index contributed by atoms with van der Waals surface area (Å²) in [5.41, 5.74) is 37.0. The molecule has 2 aromatic carbocycles. The smallest absolute Gasteiger partial charge is 0.756 e. The summed E-state index contributed by atoms with van der Waals surface area (Å²) in [4.78, 5) is 150. The molecule has 7 heterocycles. The standard InChI is InChI=1S/C62H90N13O14P.C15H21NO4.CN.Co/c1-29-20-39-40(21-30(29)2)75(28-70-39)57-52(84)53(41(27-76)87-57)89-90(85,86)88-31(3)26-69-49(83)18-19-59(8)37(22-46(66)80)56-62(11)61(10,25-48(68)82)36(14-17-45(65)79)51(74-62)33(5)55-60(9,24-47(67)81)34(12-15-43(63)77)38(71-55)23-42-58(6,7)35(13-16-44(64)78)50(72-42)32(4)54(59)73-56;17-13-9-6-5-8-12(13)15(20)16-11-7-3-1-2-4-10-14(18)19;1-2;/h20-21,23,28,31,34-37,41,52-53,56-57,76,84H,12-19,22,24-27H2,1-11H3,(H15,63,64,65,66,67,68,69,71,72,73,74,77,78,79,80,81,82,83,85,86);5-6,8-9,17H,1-4,7,10-11H2,(H,16,20)(H,18,19);;/q;;-1;+3/p-2/t31-,34+,35+,36+,37-,41+,52+,53+,56+,57-,59+,60-,61-,62-;;;/m0.../s1. The first kappa shape index (κ1) is 92.8. The topological polar surface area (TPSA) is 575 Å². The number of aromatic hydroxyl groups is 1. The number of para-hydroxylation sites is 1. The van der Waals surface area contributed by atoms with Crippen LogP contribution in [0.5, 0.6) is 5.75 Å². The maximum absolute atomic E-state index is 14.4. The number of carboxylic acids is 1. The van der Waals surface area contributed by atoms with Crippen LogP contribution in [0.25, 0.3) is 16.4 Å². The fraction of sp³-hybridized carbons (Fsp3) is 0.590. The predicted octanol–water partition coefficient (Wildman–Crippen LogP) is 5.96. The number of carboxylic acid groups (broad SMARTS) is 1. The van der Waals surface area contributed by atoms with Gasteiger partial charge in [0, 0.05) is 121 Å². The number of aliphatic imine (C=N–C) groups is 3. The van der Waals surface area contributed by atoms with Crippen molar-refractivity contribution in [1.29, 1.82) is 5.26 Å². The molecule has 9 rings (SSSR count). The van der Waals surface area contributed by atoms with Crippen molar-refractivity contribution in [3.05, 3.63) is 106 Å². The normalized spacial score (nSPS) is 29.1. The number of aliphatic carboxylic acids is 1. The van der Waals surface area contributed by atoms with Gasteiger partial charge in [0.1, 0.15) is 24.1 Å². The molecule has 2 fully saturated rings. The molecule has 18 N–H and O–H groups in total. The Morgan fingerprint density at radius 2 is 1.35 bits per heavy atom. The van der Waals surface area contributed by atoms with E-state index in [1.807, 2.05) is 80.5 Å². The van der Waals surface area contributed by atoms with Crippen molar-refractivity contribution in [1.82, 2.24) is 20.2 Å². The number of phosphoric acid groups is 1. The number of hydrogen-bond acceptors (Lipinski definition) is 22. The Kier molecular flexibility index (Phi) is 31.5. The Labute approximate surface area is 668 Å². The van der Waals surface area contributed by atoms with Crippen molar-refractivity contribution in [3.8, 4) is 5.75 Å². The Morgan fingerprint density at radius 3 is 1.94 bits per heavy atom. The number of imidazole rings is 1. The van der Waals surface area contributed by atoms with E-state index in [-0.39, 0.29) is 118 Å². The van der Waals surface area contributed by atoms with E-state index in [1.165, 1.54) is 23.9 Å². The Bertz CT molecular complexity index is 4380. The van der Waals surface area contributed by atoms with E-state index in [9.17, 15) is 67.9 Å². The van der Waals surface area contributed by atoms with E-state index in [1.54, 1.807) is 25.1 Å². The molecule has 8 bridgehead atoms. The molecule has 618 valence electrons. The molecule has 1 aromatic heterocycles. The number of ether oxygens (including phenoxy) is 1. The molecule has 1 unspecified atom stereocenters. The van der Waals surface area contributed by atoms with E-state index in [2.05, 4.69) is 15.6 Å². The van der Waals surface area contributed by atoms with Gasteiger partial charge < -0.3 is 106 Å². The third kappa shape index (κ3) is 20.9. The summed E-state index contributed by atoms with van der Waals surface area (Å²) >= 11 is 0. The van der Waals surface area contributed by atoms with Crippen LogP contribution in [-0.4, -0.2) is 156 Å². The average Bonchev–Trinajstić information content (AvgIpc) is 1.53. The van der Waals surface area contributed by atoms with Crippen LogP contribution >= 0.6 is 7.82 Å². The van der Waals surface area contributed by atoms with E-state index < -0.39 is 149 Å². The summed E-state index contributed by atoms with van der Waals surface area (Å²) in [7, 11) is -5.32. The van der Waals surface area contributed by atoms with Gasteiger partial charge in [0.15, 0.2) is 6.23 Å². The molecule has 15 atom stereocenters. The van der Waals surface area contributed by atoms with E-state index in [4.69, 9.17) is 85.4 Å². The van der Waals surface area contributed by atoms with Crippen LogP contribution in [0.2, 0.25) is 0 Å². The number of nitrogens with one attached hydrogen (secondary N) is 2. The first-order valence-electron chi connectivity index (χ1n) is 37.6. The minimum atomic E-state index is -5.32. The zero-order valence-corrected chi connectivity index (χ0v) is 67.8. The fourth-order valence-electron chi connectivity index (χ4n) is 17.2. The molecule has 3 aromatic rings. The number of allylic oxidation sites excluding steroid dienone is 6. The van der Waals surface area contributed by atoms with Crippen LogP contribution in [0.1, 0.15) is 199 Å². The van der Waals surface area contributed by atoms with Crippen molar-refractivity contribution in [3.63, 3.8) is 0 Å². The number of benzene rings is 2. The number of rotatable bonds is 35. The second-order valence-electron chi connectivity index (χ2n) is 31.7. The number of nitrogens with two attached hydrogens (primary N) is 6. The van der Waals surface area contributed by atoms with Gasteiger partial charge in [-0.3, -0.25) is 62.7 Å². The number of carbonyl (C=O) groups is 9. The Balaban J connectivity index is 0.000000749. The number of aliphatic hydroxyl groups excluding tert-OH is 2. The summed E-state index contributed by atoms with van der Waals surface area (Å²) in [5, 5.41) is 57.1. The van der Waals surface area contributed by atoms with Crippen molar-refractivity contribution in [2.45, 2.75) is 228 Å². The number of unbranched alkanes of at least 4 members (excludes halogenated alkanes) is 4. The van der Waals surface area contributed by atoms with Crippen LogP contribution in [-0.2, 0) is 73.5 Å². The summed E-state index contributed by atoms with van der Waals surface area (Å²) in [6.07, 6.45) is -0.168. The molecule has 0 saturated carbocycles. The van der Waals surface area contributed by atoms with Crippen molar-refractivity contribution < 1.29 is 104 Å². The van der Waals surface area contributed by atoms with Crippen molar-refractivity contribution in [2.75, 3.05) is 19.7 Å². The van der Waals surface area contributed by atoms with E-state index >= 15 is 0 Å². The summed E-state index contributed by atoms with van der Waals surface area (Å²) < 4.78 is 31.9. The number of phenols is 1. The molecule has 113 heavy (non-hydrogen) atoms. The first-order valence-corrected chi connectivity index (χ1v) is 39.1. The second-order valence-corrected chi connectivity index (χ2v) is 33.0. The maximum Gasteiger partial charge on any atom is 3.00 e. The van der Waals surface area contributed by atoms with Crippen LogP contribution < -0.4 is 49.9 Å². The third-order valence-electron chi connectivity index (χ3n) is 23.5. The van der Waals surface area contributed by atoms with Gasteiger partial charge in [0.05, 0.1) is 46.9 Å². The fourth-order valence-corrected chi connectivity index (χ4v) is 18.3. The molecule has 0 aliphatic carbocycles. The minimum absolute atomic E-state index is 0. The second kappa shape index (κ2) is 38.4. The maximum atomic E-state index is 14.4. The number of nitrogens with zero attached hydrogens (tertiary/aromatic N) is 7. The first-order chi connectivity index (χ1) is 52.4. The Morgan fingerprint density at radius 1 is 0.752 bits per heavy atom. The SMILES string of the molecule is C/C1=C2/[N-][C@H]([C@H](CC(N)=O)[C@@]2(C)CCC(=O)NC[C@H](C)OP(=O)([O-])O[C@H]2[C@@H](O)[C@@H](n3cnc4cc(C)c(C)cc43)O[C@@H]2CO)[C@]2(C)N=C(/C(C)=C3N=C(/C=C4N=C1[C@@H](CCC(N)=O)C\4(C)C)[C@@H](CCC(N)=O)[C@]\3(C)CC(N)=O)[C@@H](CCC(N)=O)[C@]2(C)CC(N)=O.O=C(O)CCCCCCCNC(=O)c1ccccc1O.[C-]#N.[Co+3]. The summed E-state index contributed by atoms with van der Waals surface area (Å²) in [5.74, 6) is -8.44. The van der Waals surface area contributed by atoms with Gasteiger partial charge in [-0.25, -0.2) is 4.98 Å². The van der Waals surface area contributed by atoms with Gasteiger partial charge >= 0.3 is 22.7 Å². The molecule has 0 radical (unpaired) electrons. The summed E-state index contributed by atoms with van der Waals surface area (Å²) in [6.45, 7) is 24.3. The molecule has 33 nitrogen and oxygen atoms in total. The van der Waals surface area contributed by atoms with Crippen LogP contribution in [0.3, 0.4) is 0 Å². The van der Waals surface area contributed by atoms with Gasteiger partial charge in [-0.1, -0.05) is 72.1 Å². The number of amides is 8. The number of hydrogen-bond donors (Lipinski definition) is 12. The van der Waals surface area contributed by atoms with Gasteiger partial charge in [-0.2, -0.15) is 5.70 Å². The predicted molar refractivity (Wildman–Crippen MR) is 412 cm³/mol. The van der Waals surface area contributed by atoms with Crippen LogP contribution in [0, 0.1) is 71.0 Å². The van der Waals surface area contributed by atoms with Gasteiger partial charge in [0.2, 0.25) is 41.4 Å². The van der Waals surface area contributed by atoms with Crippen molar-refractivity contribution >= 4 is 89.2 Å². The molecule has 35 heteroatoms. The van der Waals surface area contributed by atoms with Crippen LogP contribution in [0.15, 0.2) is 92.0 Å². The number of aliphatic hydroxyl groups is 2. The average molecular weight is 1630 g/mol. The molecular weight excluding hydrogens is 1520 g/mol. The minimum Gasteiger partial charge on any atom is -0.756 e. The van der Waals surface area contributed by atoms with Gasteiger partial charge in [-0.05, 0) is 144 Å². The number of primary amides is 6. The van der Waals surface area contributed by atoms with E-state index in [0.29, 0.717) is 69.4 Å². The number of aryl methyl sites for hydroxylation is 2. The largest absolute Gasteiger partial charge is 3.00 e. The Hall–Kier alpha value is -9.04. The molecule has 6 aliphatic rings. The monoisotopic (exact) mass is 1630 g/mol. The molecule has 8 amide bonds. The quantitative estimate of drug-likeness (QED) is 0.0184. The zero-order chi connectivity index (χ0) is 83.5. The molecular formula is C78H109CoN15O18P. The molecule has 6 aliphatic heterocycles. The number of phosphoric ester groups is 1. The number of aromatic nitrogens is 2. The van der Waals surface area contributed by atoms with Crippen LogP contribution in [0.4, 0.5) is 0 Å². The molecule has 2 saturated heterocycles.